The number of rotatable bonds is 7. The standard InChI is InChI=1S/C21H21ClN4OS/c1-15-8-6-7-9-17(15)13-28-14-20(27)24-23-12-19-16(2)26(25-21(19)22)18-10-4-3-5-11-18/h3-12H,13-14H2,1-2H3,(H,24,27)/b23-12-. The first-order chi connectivity index (χ1) is 13.6. The first kappa shape index (κ1) is 20.2. The first-order valence-electron chi connectivity index (χ1n) is 8.81. The third kappa shape index (κ3) is 5.03. The number of benzene rings is 2. The Morgan fingerprint density at radius 3 is 2.64 bits per heavy atom. The number of halogens is 1. The highest BCUT2D eigenvalue weighted by atomic mass is 35.5. The van der Waals surface area contributed by atoms with Crippen LogP contribution in [0, 0.1) is 13.8 Å². The van der Waals surface area contributed by atoms with Crippen molar-refractivity contribution in [3.8, 4) is 5.69 Å². The van der Waals surface area contributed by atoms with E-state index in [4.69, 9.17) is 11.6 Å². The van der Waals surface area contributed by atoms with Gasteiger partial charge in [0.1, 0.15) is 0 Å². The van der Waals surface area contributed by atoms with E-state index in [1.807, 2.05) is 49.4 Å². The topological polar surface area (TPSA) is 59.3 Å². The van der Waals surface area contributed by atoms with E-state index >= 15 is 0 Å². The van der Waals surface area contributed by atoms with Crippen LogP contribution in [0.4, 0.5) is 0 Å². The van der Waals surface area contributed by atoms with E-state index < -0.39 is 0 Å². The van der Waals surface area contributed by atoms with E-state index in [2.05, 4.69) is 34.7 Å². The van der Waals surface area contributed by atoms with Gasteiger partial charge in [-0.05, 0) is 37.1 Å². The maximum Gasteiger partial charge on any atom is 0.250 e. The molecule has 3 aromatic rings. The van der Waals surface area contributed by atoms with Crippen molar-refractivity contribution in [2.75, 3.05) is 5.75 Å². The molecule has 0 spiro atoms. The lowest BCUT2D eigenvalue weighted by Crippen LogP contribution is -2.19. The Bertz CT molecular complexity index is 985. The molecule has 7 heteroatoms. The quantitative estimate of drug-likeness (QED) is 0.458. The number of hydrogen-bond donors (Lipinski definition) is 1. The van der Waals surface area contributed by atoms with E-state index in [0.717, 1.165) is 17.1 Å². The van der Waals surface area contributed by atoms with Crippen LogP contribution in [0.1, 0.15) is 22.4 Å². The van der Waals surface area contributed by atoms with Crippen molar-refractivity contribution in [3.63, 3.8) is 0 Å². The number of hydrazone groups is 1. The van der Waals surface area contributed by atoms with Gasteiger partial charge in [-0.25, -0.2) is 10.1 Å². The minimum Gasteiger partial charge on any atom is -0.272 e. The van der Waals surface area contributed by atoms with Crippen LogP contribution >= 0.6 is 23.4 Å². The Hall–Kier alpha value is -2.57. The molecule has 0 aliphatic heterocycles. The highest BCUT2D eigenvalue weighted by Crippen LogP contribution is 2.20. The molecule has 0 bridgehead atoms. The predicted molar refractivity (Wildman–Crippen MR) is 116 cm³/mol. The molecule has 1 aromatic heterocycles. The smallest absolute Gasteiger partial charge is 0.250 e. The van der Waals surface area contributed by atoms with Crippen LogP contribution in [0.3, 0.4) is 0 Å². The predicted octanol–water partition coefficient (Wildman–Crippen LogP) is 4.53. The van der Waals surface area contributed by atoms with Gasteiger partial charge in [0, 0.05) is 5.75 Å². The molecule has 0 radical (unpaired) electrons. The minimum atomic E-state index is -0.154. The van der Waals surface area contributed by atoms with Crippen molar-refractivity contribution in [1.82, 2.24) is 15.2 Å². The summed E-state index contributed by atoms with van der Waals surface area (Å²) in [6.07, 6.45) is 1.54. The fraction of sp³-hybridized carbons (Fsp3) is 0.190. The lowest BCUT2D eigenvalue weighted by atomic mass is 10.1. The molecule has 144 valence electrons. The summed E-state index contributed by atoms with van der Waals surface area (Å²) >= 11 is 7.80. The Balaban J connectivity index is 1.55. The Labute approximate surface area is 173 Å². The van der Waals surface area contributed by atoms with E-state index in [0.29, 0.717) is 16.5 Å². The molecule has 0 fully saturated rings. The maximum absolute atomic E-state index is 12.0. The van der Waals surface area contributed by atoms with Gasteiger partial charge < -0.3 is 0 Å². The second kappa shape index (κ2) is 9.57. The summed E-state index contributed by atoms with van der Waals surface area (Å²) in [4.78, 5) is 12.0. The van der Waals surface area contributed by atoms with E-state index in [-0.39, 0.29) is 5.91 Å². The fourth-order valence-corrected chi connectivity index (χ4v) is 3.83. The number of nitrogens with one attached hydrogen (secondary N) is 1. The first-order valence-corrected chi connectivity index (χ1v) is 10.3. The summed E-state index contributed by atoms with van der Waals surface area (Å²) < 4.78 is 1.75. The zero-order valence-corrected chi connectivity index (χ0v) is 17.3. The number of aryl methyl sites for hydroxylation is 1. The third-order valence-corrected chi connectivity index (χ3v) is 5.51. The number of hydrogen-bond acceptors (Lipinski definition) is 4. The lowest BCUT2D eigenvalue weighted by Gasteiger charge is -2.04. The zero-order valence-electron chi connectivity index (χ0n) is 15.7. The van der Waals surface area contributed by atoms with E-state index in [9.17, 15) is 4.79 Å². The van der Waals surface area contributed by atoms with Crippen LogP contribution in [0.5, 0.6) is 0 Å². The molecule has 1 N–H and O–H groups in total. The second-order valence-electron chi connectivity index (χ2n) is 6.25. The summed E-state index contributed by atoms with van der Waals surface area (Å²) in [5.41, 5.74) is 7.46. The van der Waals surface area contributed by atoms with Gasteiger partial charge in [0.05, 0.1) is 28.9 Å². The highest BCUT2D eigenvalue weighted by molar-refractivity contribution is 7.99. The monoisotopic (exact) mass is 412 g/mol. The highest BCUT2D eigenvalue weighted by Gasteiger charge is 2.12. The molecule has 1 heterocycles. The van der Waals surface area contributed by atoms with Crippen molar-refractivity contribution < 1.29 is 4.79 Å². The molecule has 0 aliphatic carbocycles. The van der Waals surface area contributed by atoms with E-state index in [1.165, 1.54) is 17.3 Å². The van der Waals surface area contributed by atoms with Crippen molar-refractivity contribution in [2.45, 2.75) is 19.6 Å². The molecule has 5 nitrogen and oxygen atoms in total. The number of thioether (sulfide) groups is 1. The summed E-state index contributed by atoms with van der Waals surface area (Å²) in [5.74, 6) is 0.972. The molecule has 2 aromatic carbocycles. The molecule has 0 atom stereocenters. The molecule has 0 unspecified atom stereocenters. The normalized spacial score (nSPS) is 11.1. The van der Waals surface area contributed by atoms with Gasteiger partial charge >= 0.3 is 0 Å². The molecule has 0 saturated heterocycles. The Morgan fingerprint density at radius 1 is 1.18 bits per heavy atom. The number of amides is 1. The van der Waals surface area contributed by atoms with Crippen molar-refractivity contribution in [1.29, 1.82) is 0 Å². The molecular weight excluding hydrogens is 392 g/mol. The minimum absolute atomic E-state index is 0.154. The number of nitrogens with zero attached hydrogens (tertiary/aromatic N) is 3. The van der Waals surface area contributed by atoms with Crippen LogP contribution < -0.4 is 5.43 Å². The summed E-state index contributed by atoms with van der Waals surface area (Å²) in [5, 5.41) is 8.72. The van der Waals surface area contributed by atoms with Crippen LogP contribution in [0.15, 0.2) is 59.7 Å². The summed E-state index contributed by atoms with van der Waals surface area (Å²) in [7, 11) is 0. The average molecular weight is 413 g/mol. The number of para-hydroxylation sites is 1. The van der Waals surface area contributed by atoms with Crippen LogP contribution in [0.25, 0.3) is 5.69 Å². The molecule has 0 aliphatic rings. The number of carbonyl (C=O) groups is 1. The summed E-state index contributed by atoms with van der Waals surface area (Å²) in [6, 6.07) is 17.9. The van der Waals surface area contributed by atoms with Crippen molar-refractivity contribution in [2.24, 2.45) is 5.10 Å². The molecule has 0 saturated carbocycles. The van der Waals surface area contributed by atoms with Gasteiger partial charge in [0.25, 0.3) is 0 Å². The molecular formula is C21H21ClN4OS. The largest absolute Gasteiger partial charge is 0.272 e. The number of aromatic nitrogens is 2. The molecule has 1 amide bonds. The van der Waals surface area contributed by atoms with Gasteiger partial charge in [-0.15, -0.1) is 11.8 Å². The van der Waals surface area contributed by atoms with Crippen LogP contribution in [-0.4, -0.2) is 27.7 Å². The average Bonchev–Trinajstić information content (AvgIpc) is 2.98. The van der Waals surface area contributed by atoms with Crippen molar-refractivity contribution in [3.05, 3.63) is 82.1 Å². The Morgan fingerprint density at radius 2 is 1.89 bits per heavy atom. The molecule has 3 rings (SSSR count). The lowest BCUT2D eigenvalue weighted by molar-refractivity contribution is -0.118. The van der Waals surface area contributed by atoms with E-state index in [1.54, 1.807) is 16.4 Å². The van der Waals surface area contributed by atoms with Gasteiger partial charge in [0.15, 0.2) is 5.15 Å². The van der Waals surface area contributed by atoms with Crippen molar-refractivity contribution >= 4 is 35.5 Å². The summed E-state index contributed by atoms with van der Waals surface area (Å²) in [6.45, 7) is 3.98. The SMILES string of the molecule is Cc1ccccc1CSCC(=O)N/N=C\c1c(Cl)nn(-c2ccccc2)c1C. The number of carbonyl (C=O) groups excluding carboxylic acids is 1. The fourth-order valence-electron chi connectivity index (χ4n) is 2.67. The maximum atomic E-state index is 12.0. The van der Waals surface area contributed by atoms with Gasteiger partial charge in [-0.1, -0.05) is 54.1 Å². The van der Waals surface area contributed by atoms with Gasteiger partial charge in [0.2, 0.25) is 5.91 Å². The van der Waals surface area contributed by atoms with Crippen LogP contribution in [-0.2, 0) is 10.5 Å². The second-order valence-corrected chi connectivity index (χ2v) is 7.59. The molecule has 28 heavy (non-hydrogen) atoms. The zero-order chi connectivity index (χ0) is 19.9. The van der Waals surface area contributed by atoms with Gasteiger partial charge in [-0.2, -0.15) is 10.2 Å². The van der Waals surface area contributed by atoms with Crippen LogP contribution in [0.2, 0.25) is 5.15 Å². The van der Waals surface area contributed by atoms with Gasteiger partial charge in [-0.3, -0.25) is 4.79 Å². The third-order valence-electron chi connectivity index (χ3n) is 4.25. The Kier molecular flexibility index (Phi) is 6.90.